The second-order valence-electron chi connectivity index (χ2n) is 5.83. The fraction of sp³-hybridized carbons (Fsp3) is 0.300. The maximum absolute atomic E-state index is 12.2. The number of rotatable bonds is 8. The summed E-state index contributed by atoms with van der Waals surface area (Å²) in [7, 11) is 1.58. The van der Waals surface area contributed by atoms with Crippen LogP contribution in [0, 0.1) is 0 Å². The molecule has 1 atom stereocenters. The molecule has 0 bridgehead atoms. The Labute approximate surface area is 148 Å². The molecular formula is C20H23NO4. The fourth-order valence-corrected chi connectivity index (χ4v) is 2.26. The molecule has 0 spiro atoms. The van der Waals surface area contributed by atoms with Crippen LogP contribution in [0.25, 0.3) is 0 Å². The van der Waals surface area contributed by atoms with Crippen molar-refractivity contribution >= 4 is 17.4 Å². The highest BCUT2D eigenvalue weighted by Gasteiger charge is 2.15. The number of hydrogen-bond donors (Lipinski definition) is 1. The Kier molecular flexibility index (Phi) is 6.57. The number of nitrogens with one attached hydrogen (secondary N) is 1. The number of anilines is 1. The summed E-state index contributed by atoms with van der Waals surface area (Å²) in [6.45, 7) is 3.28. The molecule has 0 heterocycles. The molecule has 2 rings (SSSR count). The summed E-state index contributed by atoms with van der Waals surface area (Å²) < 4.78 is 10.8. The third kappa shape index (κ3) is 5.95. The van der Waals surface area contributed by atoms with Crippen LogP contribution in [-0.2, 0) is 16.0 Å². The number of ketones is 1. The molecular weight excluding hydrogens is 318 g/mol. The molecule has 0 fully saturated rings. The highest BCUT2D eigenvalue weighted by molar-refractivity contribution is 5.94. The molecule has 2 aromatic rings. The first kappa shape index (κ1) is 18.5. The number of ether oxygens (including phenoxy) is 2. The van der Waals surface area contributed by atoms with Gasteiger partial charge >= 0.3 is 0 Å². The van der Waals surface area contributed by atoms with Gasteiger partial charge in [0.15, 0.2) is 6.10 Å². The van der Waals surface area contributed by atoms with Crippen LogP contribution in [-0.4, -0.2) is 24.9 Å². The first-order valence-corrected chi connectivity index (χ1v) is 8.18. The van der Waals surface area contributed by atoms with Crippen molar-refractivity contribution in [1.29, 1.82) is 0 Å². The van der Waals surface area contributed by atoms with Crippen LogP contribution in [0.4, 0.5) is 5.69 Å². The first-order valence-electron chi connectivity index (χ1n) is 8.18. The Bertz CT molecular complexity index is 725. The van der Waals surface area contributed by atoms with Crippen LogP contribution in [0.5, 0.6) is 11.5 Å². The maximum atomic E-state index is 12.2. The molecule has 2 aromatic carbocycles. The molecule has 25 heavy (non-hydrogen) atoms. The van der Waals surface area contributed by atoms with Crippen molar-refractivity contribution in [3.8, 4) is 11.5 Å². The molecule has 0 aliphatic heterocycles. The van der Waals surface area contributed by atoms with E-state index in [2.05, 4.69) is 5.32 Å². The van der Waals surface area contributed by atoms with Gasteiger partial charge in [-0.3, -0.25) is 4.79 Å². The Morgan fingerprint density at radius 3 is 2.44 bits per heavy atom. The van der Waals surface area contributed by atoms with Crippen molar-refractivity contribution in [2.75, 3.05) is 12.4 Å². The van der Waals surface area contributed by atoms with E-state index in [1.807, 2.05) is 30.3 Å². The molecule has 1 amide bonds. The van der Waals surface area contributed by atoms with Crippen LogP contribution >= 0.6 is 0 Å². The lowest BCUT2D eigenvalue weighted by molar-refractivity contribution is -0.122. The number of Topliss-reactive ketones (excluding diaryl/α,β-unsaturated/α-hetero) is 1. The van der Waals surface area contributed by atoms with Gasteiger partial charge in [-0.15, -0.1) is 0 Å². The first-order chi connectivity index (χ1) is 12.0. The van der Waals surface area contributed by atoms with E-state index in [1.165, 1.54) is 0 Å². The molecule has 0 radical (unpaired) electrons. The standard InChI is InChI=1S/C20H23NO4/c1-14(22)7-8-16-9-11-18(12-10-16)25-15(2)20(23)21-17-5-4-6-19(13-17)24-3/h4-6,9-13,15H,7-8H2,1-3H3,(H,21,23). The van der Waals surface area contributed by atoms with Crippen molar-refractivity contribution in [1.82, 2.24) is 0 Å². The van der Waals surface area contributed by atoms with E-state index in [0.29, 0.717) is 30.0 Å². The van der Waals surface area contributed by atoms with E-state index in [0.717, 1.165) is 5.56 Å². The van der Waals surface area contributed by atoms with Crippen molar-refractivity contribution in [2.45, 2.75) is 32.8 Å². The number of hydrogen-bond acceptors (Lipinski definition) is 4. The minimum absolute atomic E-state index is 0.170. The molecule has 0 aliphatic carbocycles. The molecule has 0 saturated carbocycles. The zero-order chi connectivity index (χ0) is 18.2. The van der Waals surface area contributed by atoms with Crippen LogP contribution in [0.3, 0.4) is 0 Å². The Morgan fingerprint density at radius 2 is 1.80 bits per heavy atom. The molecule has 0 aliphatic rings. The van der Waals surface area contributed by atoms with Crippen LogP contribution in [0.1, 0.15) is 25.8 Å². The summed E-state index contributed by atoms with van der Waals surface area (Å²) in [5.74, 6) is 1.21. The van der Waals surface area contributed by atoms with E-state index in [-0.39, 0.29) is 11.7 Å². The van der Waals surface area contributed by atoms with Gasteiger partial charge in [-0.05, 0) is 50.1 Å². The average Bonchev–Trinajstić information content (AvgIpc) is 2.61. The molecule has 0 saturated heterocycles. The lowest BCUT2D eigenvalue weighted by Gasteiger charge is -2.15. The largest absolute Gasteiger partial charge is 0.497 e. The van der Waals surface area contributed by atoms with Gasteiger partial charge in [0.1, 0.15) is 17.3 Å². The summed E-state index contributed by atoms with van der Waals surface area (Å²) in [5, 5.41) is 2.80. The third-order valence-electron chi connectivity index (χ3n) is 3.71. The SMILES string of the molecule is COc1cccc(NC(=O)C(C)Oc2ccc(CCC(C)=O)cc2)c1. The molecule has 5 heteroatoms. The monoisotopic (exact) mass is 341 g/mol. The Balaban J connectivity index is 1.90. The van der Waals surface area contributed by atoms with E-state index in [4.69, 9.17) is 9.47 Å². The minimum Gasteiger partial charge on any atom is -0.497 e. The normalized spacial score (nSPS) is 11.5. The van der Waals surface area contributed by atoms with Crippen molar-refractivity contribution in [2.24, 2.45) is 0 Å². The van der Waals surface area contributed by atoms with Gasteiger partial charge in [0.2, 0.25) is 0 Å². The van der Waals surface area contributed by atoms with Gasteiger partial charge in [0, 0.05) is 18.2 Å². The summed E-state index contributed by atoms with van der Waals surface area (Å²) in [4.78, 5) is 23.3. The Morgan fingerprint density at radius 1 is 1.08 bits per heavy atom. The average molecular weight is 341 g/mol. The van der Waals surface area contributed by atoms with Crippen LogP contribution < -0.4 is 14.8 Å². The summed E-state index contributed by atoms with van der Waals surface area (Å²) >= 11 is 0. The lowest BCUT2D eigenvalue weighted by atomic mass is 10.1. The third-order valence-corrected chi connectivity index (χ3v) is 3.71. The van der Waals surface area contributed by atoms with Crippen molar-refractivity contribution < 1.29 is 19.1 Å². The second kappa shape index (κ2) is 8.87. The van der Waals surface area contributed by atoms with Gasteiger partial charge in [0.25, 0.3) is 5.91 Å². The zero-order valence-corrected chi connectivity index (χ0v) is 14.7. The number of benzene rings is 2. The number of amides is 1. The highest BCUT2D eigenvalue weighted by Crippen LogP contribution is 2.18. The lowest BCUT2D eigenvalue weighted by Crippen LogP contribution is -2.30. The smallest absolute Gasteiger partial charge is 0.265 e. The predicted molar refractivity (Wildman–Crippen MR) is 97.2 cm³/mol. The fourth-order valence-electron chi connectivity index (χ4n) is 2.26. The topological polar surface area (TPSA) is 64.6 Å². The number of carbonyl (C=O) groups excluding carboxylic acids is 2. The van der Waals surface area contributed by atoms with E-state index in [1.54, 1.807) is 39.2 Å². The van der Waals surface area contributed by atoms with Gasteiger partial charge < -0.3 is 19.6 Å². The van der Waals surface area contributed by atoms with Gasteiger partial charge in [-0.1, -0.05) is 18.2 Å². The van der Waals surface area contributed by atoms with Gasteiger partial charge in [0.05, 0.1) is 7.11 Å². The van der Waals surface area contributed by atoms with Crippen molar-refractivity contribution in [3.05, 3.63) is 54.1 Å². The van der Waals surface area contributed by atoms with E-state index < -0.39 is 6.10 Å². The number of methoxy groups -OCH3 is 1. The Hall–Kier alpha value is -2.82. The van der Waals surface area contributed by atoms with E-state index in [9.17, 15) is 9.59 Å². The zero-order valence-electron chi connectivity index (χ0n) is 14.7. The summed E-state index contributed by atoms with van der Waals surface area (Å²) in [6, 6.07) is 14.6. The molecule has 1 N–H and O–H groups in total. The summed E-state index contributed by atoms with van der Waals surface area (Å²) in [5.41, 5.74) is 1.72. The number of carbonyl (C=O) groups is 2. The quantitative estimate of drug-likeness (QED) is 0.796. The van der Waals surface area contributed by atoms with Crippen LogP contribution in [0.15, 0.2) is 48.5 Å². The molecule has 132 valence electrons. The molecule has 1 unspecified atom stereocenters. The number of aryl methyl sites for hydroxylation is 1. The highest BCUT2D eigenvalue weighted by atomic mass is 16.5. The van der Waals surface area contributed by atoms with Gasteiger partial charge in [-0.25, -0.2) is 0 Å². The maximum Gasteiger partial charge on any atom is 0.265 e. The molecule has 5 nitrogen and oxygen atoms in total. The second-order valence-corrected chi connectivity index (χ2v) is 5.83. The minimum atomic E-state index is -0.644. The van der Waals surface area contributed by atoms with Gasteiger partial charge in [-0.2, -0.15) is 0 Å². The van der Waals surface area contributed by atoms with Crippen LogP contribution in [0.2, 0.25) is 0 Å². The molecule has 0 aromatic heterocycles. The predicted octanol–water partition coefficient (Wildman–Crippen LogP) is 3.62. The van der Waals surface area contributed by atoms with E-state index >= 15 is 0 Å². The van der Waals surface area contributed by atoms with Crippen molar-refractivity contribution in [3.63, 3.8) is 0 Å². The summed E-state index contributed by atoms with van der Waals surface area (Å²) in [6.07, 6.45) is 0.593.